The van der Waals surface area contributed by atoms with Gasteiger partial charge in [-0.25, -0.2) is 9.37 Å². The molecule has 0 fully saturated rings. The molecule has 0 aliphatic rings. The summed E-state index contributed by atoms with van der Waals surface area (Å²) < 4.78 is 17.9. The van der Waals surface area contributed by atoms with Crippen molar-refractivity contribution < 1.29 is 13.9 Å². The predicted octanol–water partition coefficient (Wildman–Crippen LogP) is 2.11. The Balaban J connectivity index is 1.85. The van der Waals surface area contributed by atoms with Gasteiger partial charge in [0, 0.05) is 0 Å². The molecule has 2 rings (SSSR count). The average Bonchev–Trinajstić information content (AvgIpc) is 2.48. The maximum Gasteiger partial charge on any atom is 0.263 e. The summed E-state index contributed by atoms with van der Waals surface area (Å²) in [5, 5.41) is 11.1. The zero-order valence-corrected chi connectivity index (χ0v) is 10.3. The van der Waals surface area contributed by atoms with Crippen molar-refractivity contribution in [1.82, 2.24) is 4.98 Å². The molecular weight excluding hydrogens is 261 g/mol. The molecule has 0 radical (unpaired) electrons. The van der Waals surface area contributed by atoms with Gasteiger partial charge in [-0.15, -0.1) is 0 Å². The molecule has 1 N–H and O–H groups in total. The molecule has 2 aromatic rings. The van der Waals surface area contributed by atoms with Crippen molar-refractivity contribution in [1.29, 1.82) is 5.26 Å². The van der Waals surface area contributed by atoms with Crippen LogP contribution in [0, 0.1) is 17.1 Å². The van der Waals surface area contributed by atoms with Crippen molar-refractivity contribution in [2.24, 2.45) is 0 Å². The Bertz CT molecular complexity index is 633. The van der Waals surface area contributed by atoms with E-state index in [1.54, 1.807) is 24.3 Å². The zero-order valence-electron chi connectivity index (χ0n) is 10.3. The second-order valence-electron chi connectivity index (χ2n) is 3.83. The number of aromatic nitrogens is 1. The number of pyridine rings is 1. The van der Waals surface area contributed by atoms with E-state index in [2.05, 4.69) is 10.3 Å². The molecule has 1 amide bonds. The first-order valence-electron chi connectivity index (χ1n) is 5.72. The van der Waals surface area contributed by atoms with Gasteiger partial charge in [-0.3, -0.25) is 4.79 Å². The molecule has 0 spiro atoms. The van der Waals surface area contributed by atoms with Crippen LogP contribution in [0.3, 0.4) is 0 Å². The highest BCUT2D eigenvalue weighted by atomic mass is 19.1. The first-order valence-corrected chi connectivity index (χ1v) is 5.72. The third-order valence-corrected chi connectivity index (χ3v) is 2.35. The number of halogens is 1. The van der Waals surface area contributed by atoms with Gasteiger partial charge in [-0.05, 0) is 36.4 Å². The fourth-order valence-electron chi connectivity index (χ4n) is 1.40. The van der Waals surface area contributed by atoms with Crippen LogP contribution in [-0.2, 0) is 4.79 Å². The summed E-state index contributed by atoms with van der Waals surface area (Å²) in [6.45, 7) is -0.203. The van der Waals surface area contributed by atoms with Crippen LogP contribution >= 0.6 is 0 Å². The second kappa shape index (κ2) is 6.29. The molecule has 100 valence electrons. The largest absolute Gasteiger partial charge is 0.484 e. The number of hydrogen-bond acceptors (Lipinski definition) is 4. The summed E-state index contributed by atoms with van der Waals surface area (Å²) >= 11 is 0. The number of carbonyl (C=O) groups excluding carboxylic acids is 1. The van der Waals surface area contributed by atoms with Gasteiger partial charge >= 0.3 is 0 Å². The molecule has 1 aromatic carbocycles. The topological polar surface area (TPSA) is 75.0 Å². The van der Waals surface area contributed by atoms with E-state index < -0.39 is 11.7 Å². The molecule has 0 aliphatic heterocycles. The molecule has 0 atom stereocenters. The Hall–Kier alpha value is -2.94. The summed E-state index contributed by atoms with van der Waals surface area (Å²) in [4.78, 5) is 15.3. The second-order valence-corrected chi connectivity index (χ2v) is 3.83. The fourth-order valence-corrected chi connectivity index (χ4v) is 1.40. The molecule has 0 saturated heterocycles. The summed E-state index contributed by atoms with van der Waals surface area (Å²) in [7, 11) is 0. The quantitative estimate of drug-likeness (QED) is 0.924. The number of benzene rings is 1. The number of hydrogen-bond donors (Lipinski definition) is 1. The monoisotopic (exact) mass is 271 g/mol. The van der Waals surface area contributed by atoms with E-state index in [1.165, 1.54) is 12.1 Å². The minimum absolute atomic E-state index is 0.203. The molecule has 0 saturated carbocycles. The van der Waals surface area contributed by atoms with Crippen LogP contribution in [0.2, 0.25) is 0 Å². The van der Waals surface area contributed by atoms with Gasteiger partial charge in [0.2, 0.25) is 0 Å². The number of nitrogens with one attached hydrogen (secondary N) is 1. The predicted molar refractivity (Wildman–Crippen MR) is 69.5 cm³/mol. The highest BCUT2D eigenvalue weighted by Crippen LogP contribution is 2.11. The molecule has 0 bridgehead atoms. The Morgan fingerprint density at radius 3 is 2.65 bits per heavy atom. The SMILES string of the molecule is N#Cc1ccc(OCC(=O)Nc2ccc(F)cn2)cc1. The van der Waals surface area contributed by atoms with Gasteiger partial charge in [0.25, 0.3) is 5.91 Å². The average molecular weight is 271 g/mol. The highest BCUT2D eigenvalue weighted by molar-refractivity contribution is 5.90. The number of nitriles is 1. The van der Waals surface area contributed by atoms with E-state index in [-0.39, 0.29) is 12.4 Å². The lowest BCUT2D eigenvalue weighted by Crippen LogP contribution is -2.20. The Morgan fingerprint density at radius 1 is 1.30 bits per heavy atom. The lowest BCUT2D eigenvalue weighted by atomic mass is 10.2. The number of amides is 1. The van der Waals surface area contributed by atoms with Gasteiger partial charge in [-0.1, -0.05) is 0 Å². The number of nitrogens with zero attached hydrogens (tertiary/aromatic N) is 2. The summed E-state index contributed by atoms with van der Waals surface area (Å²) in [6.07, 6.45) is 1.01. The smallest absolute Gasteiger partial charge is 0.263 e. The van der Waals surface area contributed by atoms with Crippen molar-refractivity contribution in [2.45, 2.75) is 0 Å². The number of rotatable bonds is 4. The van der Waals surface area contributed by atoms with Gasteiger partial charge in [0.05, 0.1) is 17.8 Å². The zero-order chi connectivity index (χ0) is 14.4. The van der Waals surface area contributed by atoms with Crippen LogP contribution in [0.5, 0.6) is 5.75 Å². The van der Waals surface area contributed by atoms with Crippen LogP contribution < -0.4 is 10.1 Å². The summed E-state index contributed by atoms with van der Waals surface area (Å²) in [5.74, 6) is -0.156. The third-order valence-electron chi connectivity index (χ3n) is 2.35. The lowest BCUT2D eigenvalue weighted by molar-refractivity contribution is -0.118. The van der Waals surface area contributed by atoms with Gasteiger partial charge in [0.15, 0.2) is 6.61 Å². The van der Waals surface area contributed by atoms with Crippen molar-refractivity contribution in [3.05, 3.63) is 54.0 Å². The van der Waals surface area contributed by atoms with Crippen LogP contribution in [-0.4, -0.2) is 17.5 Å². The Morgan fingerprint density at radius 2 is 2.05 bits per heavy atom. The number of carbonyl (C=O) groups is 1. The van der Waals surface area contributed by atoms with E-state index in [0.29, 0.717) is 11.3 Å². The van der Waals surface area contributed by atoms with Crippen LogP contribution in [0.15, 0.2) is 42.6 Å². The number of ether oxygens (including phenoxy) is 1. The molecule has 20 heavy (non-hydrogen) atoms. The molecule has 0 unspecified atom stereocenters. The minimum Gasteiger partial charge on any atom is -0.484 e. The maximum atomic E-state index is 12.6. The van der Waals surface area contributed by atoms with Crippen molar-refractivity contribution in [2.75, 3.05) is 11.9 Å². The normalized spacial score (nSPS) is 9.60. The molecule has 1 aromatic heterocycles. The molecule has 6 heteroatoms. The maximum absolute atomic E-state index is 12.6. The fraction of sp³-hybridized carbons (Fsp3) is 0.0714. The van der Waals surface area contributed by atoms with Gasteiger partial charge in [0.1, 0.15) is 17.4 Å². The van der Waals surface area contributed by atoms with E-state index >= 15 is 0 Å². The van der Waals surface area contributed by atoms with E-state index in [9.17, 15) is 9.18 Å². The van der Waals surface area contributed by atoms with Crippen LogP contribution in [0.4, 0.5) is 10.2 Å². The van der Waals surface area contributed by atoms with E-state index in [0.717, 1.165) is 6.20 Å². The molecular formula is C14H10FN3O2. The van der Waals surface area contributed by atoms with Crippen LogP contribution in [0.1, 0.15) is 5.56 Å². The molecule has 5 nitrogen and oxygen atoms in total. The van der Waals surface area contributed by atoms with Crippen molar-refractivity contribution in [3.63, 3.8) is 0 Å². The number of anilines is 1. The molecule has 1 heterocycles. The first-order chi connectivity index (χ1) is 9.67. The van der Waals surface area contributed by atoms with Gasteiger partial charge < -0.3 is 10.1 Å². The highest BCUT2D eigenvalue weighted by Gasteiger charge is 2.04. The summed E-state index contributed by atoms with van der Waals surface area (Å²) in [5.41, 5.74) is 0.511. The van der Waals surface area contributed by atoms with Crippen LogP contribution in [0.25, 0.3) is 0 Å². The third kappa shape index (κ3) is 3.78. The Kier molecular flexibility index (Phi) is 4.24. The van der Waals surface area contributed by atoms with E-state index in [4.69, 9.17) is 10.00 Å². The van der Waals surface area contributed by atoms with Crippen molar-refractivity contribution >= 4 is 11.7 Å². The molecule has 0 aliphatic carbocycles. The van der Waals surface area contributed by atoms with E-state index in [1.807, 2.05) is 6.07 Å². The summed E-state index contributed by atoms with van der Waals surface area (Å²) in [6, 6.07) is 10.9. The minimum atomic E-state index is -0.475. The van der Waals surface area contributed by atoms with Crippen molar-refractivity contribution in [3.8, 4) is 11.8 Å². The first kappa shape index (κ1) is 13.5. The van der Waals surface area contributed by atoms with Gasteiger partial charge in [-0.2, -0.15) is 5.26 Å². The lowest BCUT2D eigenvalue weighted by Gasteiger charge is -2.06. The Labute approximate surface area is 114 Å². The standard InChI is InChI=1S/C14H10FN3O2/c15-11-3-6-13(17-8-11)18-14(19)9-20-12-4-1-10(7-16)2-5-12/h1-6,8H,9H2,(H,17,18,19).